The Hall–Kier alpha value is -1.38. The molecule has 1 aromatic heterocycles. The first-order valence-electron chi connectivity index (χ1n) is 4.99. The van der Waals surface area contributed by atoms with Gasteiger partial charge in [0.15, 0.2) is 0 Å². The number of pyridine rings is 1. The summed E-state index contributed by atoms with van der Waals surface area (Å²) in [6.07, 6.45) is 4.43. The Balaban J connectivity index is 2.59. The molecule has 0 unspecified atom stereocenters. The lowest BCUT2D eigenvalue weighted by Crippen LogP contribution is -2.13. The van der Waals surface area contributed by atoms with Crippen molar-refractivity contribution >= 4 is 5.91 Å². The molecule has 1 amide bonds. The van der Waals surface area contributed by atoms with Gasteiger partial charge in [0.1, 0.15) is 5.69 Å². The largest absolute Gasteiger partial charge is 0.364 e. The van der Waals surface area contributed by atoms with Crippen LogP contribution in [0, 0.1) is 0 Å². The minimum absolute atomic E-state index is 0.360. The maximum Gasteiger partial charge on any atom is 0.267 e. The van der Waals surface area contributed by atoms with E-state index in [9.17, 15) is 4.79 Å². The zero-order valence-electron chi connectivity index (χ0n) is 8.49. The van der Waals surface area contributed by atoms with Crippen molar-refractivity contribution in [3.8, 4) is 0 Å². The van der Waals surface area contributed by atoms with E-state index in [1.54, 1.807) is 6.07 Å². The second kappa shape index (κ2) is 5.37. The van der Waals surface area contributed by atoms with E-state index in [4.69, 9.17) is 5.73 Å². The van der Waals surface area contributed by atoms with Gasteiger partial charge in [0.05, 0.1) is 0 Å². The fourth-order valence-electron chi connectivity index (χ4n) is 1.31. The molecule has 0 aliphatic rings. The molecule has 0 bridgehead atoms. The van der Waals surface area contributed by atoms with Crippen LogP contribution < -0.4 is 5.73 Å². The molecule has 0 spiro atoms. The van der Waals surface area contributed by atoms with Crippen LogP contribution in [0.15, 0.2) is 18.2 Å². The van der Waals surface area contributed by atoms with Crippen molar-refractivity contribution in [3.63, 3.8) is 0 Å². The van der Waals surface area contributed by atoms with Gasteiger partial charge in [-0.25, -0.2) is 4.98 Å². The van der Waals surface area contributed by atoms with Gasteiger partial charge >= 0.3 is 0 Å². The SMILES string of the molecule is CCCCCc1cccc(C(N)=O)n1. The molecule has 0 aliphatic heterocycles. The number of hydrogen-bond donors (Lipinski definition) is 1. The summed E-state index contributed by atoms with van der Waals surface area (Å²) >= 11 is 0. The van der Waals surface area contributed by atoms with Crippen molar-refractivity contribution < 1.29 is 4.79 Å². The summed E-state index contributed by atoms with van der Waals surface area (Å²) in [7, 11) is 0. The van der Waals surface area contributed by atoms with Crippen molar-refractivity contribution in [2.24, 2.45) is 5.73 Å². The third-order valence-electron chi connectivity index (χ3n) is 2.10. The first kappa shape index (κ1) is 10.7. The van der Waals surface area contributed by atoms with E-state index < -0.39 is 5.91 Å². The summed E-state index contributed by atoms with van der Waals surface area (Å²) in [4.78, 5) is 15.0. The second-order valence-corrected chi connectivity index (χ2v) is 3.34. The summed E-state index contributed by atoms with van der Waals surface area (Å²) in [6.45, 7) is 2.16. The Kier molecular flexibility index (Phi) is 4.11. The number of aryl methyl sites for hydroxylation is 1. The Bertz CT molecular complexity index is 310. The predicted molar refractivity (Wildman–Crippen MR) is 56.0 cm³/mol. The van der Waals surface area contributed by atoms with Gasteiger partial charge in [0.25, 0.3) is 5.91 Å². The molecule has 0 saturated heterocycles. The number of nitrogens with zero attached hydrogens (tertiary/aromatic N) is 1. The lowest BCUT2D eigenvalue weighted by atomic mass is 10.1. The van der Waals surface area contributed by atoms with E-state index in [0.29, 0.717) is 5.69 Å². The van der Waals surface area contributed by atoms with Crippen LogP contribution in [0.2, 0.25) is 0 Å². The Morgan fingerprint density at radius 2 is 2.21 bits per heavy atom. The number of aromatic nitrogens is 1. The van der Waals surface area contributed by atoms with E-state index in [-0.39, 0.29) is 0 Å². The van der Waals surface area contributed by atoms with Crippen molar-refractivity contribution in [1.82, 2.24) is 4.98 Å². The summed E-state index contributed by atoms with van der Waals surface area (Å²) in [5.41, 5.74) is 6.45. The highest BCUT2D eigenvalue weighted by molar-refractivity contribution is 5.90. The zero-order chi connectivity index (χ0) is 10.4. The average Bonchev–Trinajstić information content (AvgIpc) is 2.19. The molecule has 1 rings (SSSR count). The molecular weight excluding hydrogens is 176 g/mol. The van der Waals surface area contributed by atoms with E-state index in [1.807, 2.05) is 12.1 Å². The minimum atomic E-state index is -0.456. The van der Waals surface area contributed by atoms with Crippen molar-refractivity contribution in [2.75, 3.05) is 0 Å². The molecule has 0 aromatic carbocycles. The van der Waals surface area contributed by atoms with Gasteiger partial charge < -0.3 is 5.73 Å². The molecule has 0 radical (unpaired) electrons. The summed E-state index contributed by atoms with van der Waals surface area (Å²) in [5.74, 6) is -0.456. The maximum absolute atomic E-state index is 10.8. The molecule has 0 fully saturated rings. The smallest absolute Gasteiger partial charge is 0.267 e. The van der Waals surface area contributed by atoms with Gasteiger partial charge in [0.2, 0.25) is 0 Å². The number of carbonyl (C=O) groups is 1. The fraction of sp³-hybridized carbons (Fsp3) is 0.455. The second-order valence-electron chi connectivity index (χ2n) is 3.34. The van der Waals surface area contributed by atoms with Crippen LogP contribution in [0.4, 0.5) is 0 Å². The molecule has 1 heterocycles. The Morgan fingerprint density at radius 1 is 1.43 bits per heavy atom. The van der Waals surface area contributed by atoms with Gasteiger partial charge in [-0.15, -0.1) is 0 Å². The number of unbranched alkanes of at least 4 members (excludes halogenated alkanes) is 2. The van der Waals surface area contributed by atoms with Crippen molar-refractivity contribution in [2.45, 2.75) is 32.6 Å². The van der Waals surface area contributed by atoms with Crippen LogP contribution in [0.5, 0.6) is 0 Å². The normalized spacial score (nSPS) is 10.1. The predicted octanol–water partition coefficient (Wildman–Crippen LogP) is 1.91. The quantitative estimate of drug-likeness (QED) is 0.724. The van der Waals surface area contributed by atoms with E-state index in [0.717, 1.165) is 18.5 Å². The molecule has 14 heavy (non-hydrogen) atoms. The number of carbonyl (C=O) groups excluding carboxylic acids is 1. The highest BCUT2D eigenvalue weighted by Crippen LogP contribution is 2.05. The van der Waals surface area contributed by atoms with Gasteiger partial charge in [0, 0.05) is 5.69 Å². The first-order valence-corrected chi connectivity index (χ1v) is 4.99. The van der Waals surface area contributed by atoms with Crippen LogP contribution >= 0.6 is 0 Å². The molecular formula is C11H16N2O. The van der Waals surface area contributed by atoms with Crippen LogP contribution in [0.25, 0.3) is 0 Å². The molecule has 76 valence electrons. The van der Waals surface area contributed by atoms with Crippen LogP contribution in [-0.4, -0.2) is 10.9 Å². The number of rotatable bonds is 5. The highest BCUT2D eigenvalue weighted by atomic mass is 16.1. The van der Waals surface area contributed by atoms with Crippen LogP contribution in [-0.2, 0) is 6.42 Å². The number of hydrogen-bond acceptors (Lipinski definition) is 2. The monoisotopic (exact) mass is 192 g/mol. The average molecular weight is 192 g/mol. The third kappa shape index (κ3) is 3.17. The van der Waals surface area contributed by atoms with E-state index in [2.05, 4.69) is 11.9 Å². The topological polar surface area (TPSA) is 56.0 Å². The van der Waals surface area contributed by atoms with Crippen LogP contribution in [0.1, 0.15) is 42.4 Å². The van der Waals surface area contributed by atoms with Gasteiger partial charge in [-0.05, 0) is 25.0 Å². The van der Waals surface area contributed by atoms with Gasteiger partial charge in [-0.3, -0.25) is 4.79 Å². The van der Waals surface area contributed by atoms with Gasteiger partial charge in [-0.1, -0.05) is 25.8 Å². The molecule has 0 aliphatic carbocycles. The first-order chi connectivity index (χ1) is 6.74. The van der Waals surface area contributed by atoms with Crippen molar-refractivity contribution in [1.29, 1.82) is 0 Å². The summed E-state index contributed by atoms with van der Waals surface area (Å²) < 4.78 is 0. The molecule has 2 N–H and O–H groups in total. The van der Waals surface area contributed by atoms with Crippen molar-refractivity contribution in [3.05, 3.63) is 29.6 Å². The lowest BCUT2D eigenvalue weighted by molar-refractivity contribution is 0.0995. The number of amides is 1. The molecule has 3 nitrogen and oxygen atoms in total. The molecule has 3 heteroatoms. The van der Waals surface area contributed by atoms with Gasteiger partial charge in [-0.2, -0.15) is 0 Å². The lowest BCUT2D eigenvalue weighted by Gasteiger charge is -2.01. The zero-order valence-corrected chi connectivity index (χ0v) is 8.49. The van der Waals surface area contributed by atoms with E-state index in [1.165, 1.54) is 12.8 Å². The third-order valence-corrected chi connectivity index (χ3v) is 2.10. The molecule has 1 aromatic rings. The number of primary amides is 1. The minimum Gasteiger partial charge on any atom is -0.364 e. The Labute approximate surface area is 84.3 Å². The summed E-state index contributed by atoms with van der Waals surface area (Å²) in [6, 6.07) is 5.40. The Morgan fingerprint density at radius 3 is 2.86 bits per heavy atom. The van der Waals surface area contributed by atoms with Crippen LogP contribution in [0.3, 0.4) is 0 Å². The van der Waals surface area contributed by atoms with E-state index >= 15 is 0 Å². The highest BCUT2D eigenvalue weighted by Gasteiger charge is 2.02. The molecule has 0 atom stereocenters. The fourth-order valence-corrected chi connectivity index (χ4v) is 1.31. The standard InChI is InChI=1S/C11H16N2O/c1-2-3-4-6-9-7-5-8-10(13-9)11(12)14/h5,7-8H,2-4,6H2,1H3,(H2,12,14). The molecule has 0 saturated carbocycles. The maximum atomic E-state index is 10.8. The summed E-state index contributed by atoms with van der Waals surface area (Å²) in [5, 5.41) is 0. The number of nitrogens with two attached hydrogens (primary N) is 1.